The first kappa shape index (κ1) is 10.7. The highest BCUT2D eigenvalue weighted by Gasteiger charge is 2.32. The normalized spacial score (nSPS) is 20.0. The van der Waals surface area contributed by atoms with Gasteiger partial charge in [-0.15, -0.1) is 0 Å². The Balaban J connectivity index is 2.19. The molecule has 2 rings (SSSR count). The maximum atomic E-state index is 6.32. The van der Waals surface area contributed by atoms with Crippen LogP contribution in [0.4, 0.5) is 0 Å². The van der Waals surface area contributed by atoms with Crippen molar-refractivity contribution in [2.75, 3.05) is 0 Å². The maximum absolute atomic E-state index is 6.32. The Labute approximate surface area is 92.7 Å². The number of aryl methyl sites for hydroxylation is 2. The zero-order valence-electron chi connectivity index (χ0n) is 9.96. The summed E-state index contributed by atoms with van der Waals surface area (Å²) in [6, 6.07) is 6.89. The van der Waals surface area contributed by atoms with Gasteiger partial charge in [-0.1, -0.05) is 36.2 Å². The summed E-state index contributed by atoms with van der Waals surface area (Å²) >= 11 is 0. The van der Waals surface area contributed by atoms with E-state index in [0.29, 0.717) is 5.92 Å². The van der Waals surface area contributed by atoms with Crippen LogP contribution in [0.1, 0.15) is 42.5 Å². The van der Waals surface area contributed by atoms with E-state index in [1.807, 2.05) is 0 Å². The zero-order valence-corrected chi connectivity index (χ0v) is 9.96. The summed E-state index contributed by atoms with van der Waals surface area (Å²) in [6.07, 6.45) is 2.75. The van der Waals surface area contributed by atoms with E-state index in [-0.39, 0.29) is 6.04 Å². The van der Waals surface area contributed by atoms with Crippen LogP contribution < -0.4 is 5.73 Å². The van der Waals surface area contributed by atoms with Crippen LogP contribution in [0.3, 0.4) is 0 Å². The van der Waals surface area contributed by atoms with Crippen LogP contribution >= 0.6 is 0 Å². The Morgan fingerprint density at radius 1 is 1.13 bits per heavy atom. The minimum Gasteiger partial charge on any atom is -0.324 e. The van der Waals surface area contributed by atoms with Crippen LogP contribution in [0.2, 0.25) is 0 Å². The first-order valence-corrected chi connectivity index (χ1v) is 5.91. The quantitative estimate of drug-likeness (QED) is 0.801. The smallest absolute Gasteiger partial charge is 0.0323 e. The zero-order chi connectivity index (χ0) is 11.0. The minimum absolute atomic E-state index is 0.219. The van der Waals surface area contributed by atoms with E-state index >= 15 is 0 Å². The van der Waals surface area contributed by atoms with Gasteiger partial charge in [-0.25, -0.2) is 0 Å². The van der Waals surface area contributed by atoms with Crippen LogP contribution in [0.5, 0.6) is 0 Å². The Hall–Kier alpha value is -0.820. The molecule has 1 aromatic rings. The highest BCUT2D eigenvalue weighted by molar-refractivity contribution is 5.31. The molecule has 2 N–H and O–H groups in total. The molecular weight excluding hydrogens is 182 g/mol. The van der Waals surface area contributed by atoms with Gasteiger partial charge in [0.1, 0.15) is 0 Å². The fourth-order valence-corrected chi connectivity index (χ4v) is 2.42. The summed E-state index contributed by atoms with van der Waals surface area (Å²) in [5, 5.41) is 0. The molecule has 15 heavy (non-hydrogen) atoms. The van der Waals surface area contributed by atoms with Crippen molar-refractivity contribution in [3.8, 4) is 0 Å². The summed E-state index contributed by atoms with van der Waals surface area (Å²) in [7, 11) is 0. The molecule has 0 bridgehead atoms. The largest absolute Gasteiger partial charge is 0.324 e. The van der Waals surface area contributed by atoms with Gasteiger partial charge in [0.2, 0.25) is 0 Å². The van der Waals surface area contributed by atoms with Crippen LogP contribution in [0.15, 0.2) is 18.2 Å². The lowest BCUT2D eigenvalue weighted by Crippen LogP contribution is -2.20. The van der Waals surface area contributed by atoms with Gasteiger partial charge in [-0.3, -0.25) is 0 Å². The Morgan fingerprint density at radius 3 is 2.13 bits per heavy atom. The molecule has 1 heteroatoms. The van der Waals surface area contributed by atoms with Gasteiger partial charge in [-0.05, 0) is 44.1 Å². The monoisotopic (exact) mass is 203 g/mol. The average Bonchev–Trinajstić information content (AvgIpc) is 2.97. The molecule has 82 valence electrons. The van der Waals surface area contributed by atoms with Gasteiger partial charge in [0, 0.05) is 6.04 Å². The van der Waals surface area contributed by atoms with E-state index in [1.54, 1.807) is 0 Å². The van der Waals surface area contributed by atoms with Crippen molar-refractivity contribution in [1.29, 1.82) is 0 Å². The van der Waals surface area contributed by atoms with E-state index in [9.17, 15) is 0 Å². The van der Waals surface area contributed by atoms with Crippen molar-refractivity contribution in [2.24, 2.45) is 17.6 Å². The number of hydrogen-bond donors (Lipinski definition) is 1. The third-order valence-electron chi connectivity index (χ3n) is 3.56. The lowest BCUT2D eigenvalue weighted by molar-refractivity contribution is 0.417. The molecule has 0 aromatic heterocycles. The number of benzene rings is 1. The van der Waals surface area contributed by atoms with Gasteiger partial charge < -0.3 is 5.73 Å². The van der Waals surface area contributed by atoms with Crippen molar-refractivity contribution < 1.29 is 0 Å². The summed E-state index contributed by atoms with van der Waals surface area (Å²) < 4.78 is 0. The molecule has 2 unspecified atom stereocenters. The van der Waals surface area contributed by atoms with E-state index in [2.05, 4.69) is 39.0 Å². The molecule has 0 saturated heterocycles. The standard InChI is InChI=1S/C14H21N/c1-9-6-10(2)8-13(7-9)14(15)11(3)12-4-5-12/h6-8,11-12,14H,4-5,15H2,1-3H3. The Kier molecular flexibility index (Phi) is 2.83. The molecule has 1 fully saturated rings. The number of hydrogen-bond acceptors (Lipinski definition) is 1. The van der Waals surface area contributed by atoms with Crippen LogP contribution in [0.25, 0.3) is 0 Å². The molecule has 0 spiro atoms. The van der Waals surface area contributed by atoms with Crippen molar-refractivity contribution in [3.05, 3.63) is 34.9 Å². The van der Waals surface area contributed by atoms with E-state index in [0.717, 1.165) is 5.92 Å². The predicted octanol–water partition coefficient (Wildman–Crippen LogP) is 3.35. The van der Waals surface area contributed by atoms with Crippen LogP contribution in [0, 0.1) is 25.7 Å². The minimum atomic E-state index is 0.219. The number of nitrogens with two attached hydrogens (primary N) is 1. The molecule has 0 heterocycles. The predicted molar refractivity (Wildman–Crippen MR) is 64.7 cm³/mol. The highest BCUT2D eigenvalue weighted by atomic mass is 14.7. The summed E-state index contributed by atoms with van der Waals surface area (Å²) in [5.41, 5.74) is 10.3. The molecule has 0 amide bonds. The van der Waals surface area contributed by atoms with Crippen LogP contribution in [-0.4, -0.2) is 0 Å². The summed E-state index contributed by atoms with van der Waals surface area (Å²) in [6.45, 7) is 6.58. The SMILES string of the molecule is Cc1cc(C)cc(C(N)C(C)C2CC2)c1. The van der Waals surface area contributed by atoms with E-state index < -0.39 is 0 Å². The van der Waals surface area contributed by atoms with E-state index in [4.69, 9.17) is 5.73 Å². The van der Waals surface area contributed by atoms with E-state index in [1.165, 1.54) is 29.5 Å². The van der Waals surface area contributed by atoms with Crippen molar-refractivity contribution >= 4 is 0 Å². The van der Waals surface area contributed by atoms with Crippen LogP contribution in [-0.2, 0) is 0 Å². The second-order valence-electron chi connectivity index (χ2n) is 5.14. The van der Waals surface area contributed by atoms with Crippen molar-refractivity contribution in [2.45, 2.75) is 39.7 Å². The highest BCUT2D eigenvalue weighted by Crippen LogP contribution is 2.41. The molecule has 1 aromatic carbocycles. The number of rotatable bonds is 3. The topological polar surface area (TPSA) is 26.0 Å². The summed E-state index contributed by atoms with van der Waals surface area (Å²) in [4.78, 5) is 0. The second-order valence-corrected chi connectivity index (χ2v) is 5.14. The third kappa shape index (κ3) is 2.40. The van der Waals surface area contributed by atoms with Gasteiger partial charge >= 0.3 is 0 Å². The Morgan fingerprint density at radius 2 is 1.67 bits per heavy atom. The molecule has 1 aliphatic rings. The molecule has 1 aliphatic carbocycles. The molecule has 1 nitrogen and oxygen atoms in total. The lowest BCUT2D eigenvalue weighted by Gasteiger charge is -2.20. The fourth-order valence-electron chi connectivity index (χ4n) is 2.42. The van der Waals surface area contributed by atoms with Gasteiger partial charge in [0.25, 0.3) is 0 Å². The Bertz CT molecular complexity index is 332. The van der Waals surface area contributed by atoms with Crippen molar-refractivity contribution in [3.63, 3.8) is 0 Å². The lowest BCUT2D eigenvalue weighted by atomic mass is 9.90. The molecule has 0 radical (unpaired) electrons. The van der Waals surface area contributed by atoms with Gasteiger partial charge in [0.15, 0.2) is 0 Å². The maximum Gasteiger partial charge on any atom is 0.0323 e. The second kappa shape index (κ2) is 3.97. The summed E-state index contributed by atoms with van der Waals surface area (Å²) in [5.74, 6) is 1.51. The first-order valence-electron chi connectivity index (χ1n) is 5.91. The van der Waals surface area contributed by atoms with Gasteiger partial charge in [0.05, 0.1) is 0 Å². The molecule has 1 saturated carbocycles. The third-order valence-corrected chi connectivity index (χ3v) is 3.56. The first-order chi connectivity index (χ1) is 7.08. The average molecular weight is 203 g/mol. The molecular formula is C14H21N. The van der Waals surface area contributed by atoms with Crippen molar-refractivity contribution in [1.82, 2.24) is 0 Å². The van der Waals surface area contributed by atoms with Gasteiger partial charge in [-0.2, -0.15) is 0 Å². The molecule has 0 aliphatic heterocycles. The fraction of sp³-hybridized carbons (Fsp3) is 0.571. The molecule has 2 atom stereocenters.